The molecule has 1 atom stereocenters. The summed E-state index contributed by atoms with van der Waals surface area (Å²) in [6.07, 6.45) is 1.33. The maximum Gasteiger partial charge on any atom is 0.126 e. The zero-order valence-electron chi connectivity index (χ0n) is 8.33. The van der Waals surface area contributed by atoms with Crippen LogP contribution in [-0.2, 0) is 0 Å². The first kappa shape index (κ1) is 11.1. The van der Waals surface area contributed by atoms with Crippen LogP contribution in [0.25, 0.3) is 0 Å². The molecule has 0 spiro atoms. The average molecular weight is 197 g/mol. The monoisotopic (exact) mass is 197 g/mol. The smallest absolute Gasteiger partial charge is 0.126 e. The van der Waals surface area contributed by atoms with E-state index in [9.17, 15) is 4.39 Å². The fourth-order valence-corrected chi connectivity index (χ4v) is 1.49. The Morgan fingerprint density at radius 3 is 2.86 bits per heavy atom. The van der Waals surface area contributed by atoms with Crippen molar-refractivity contribution in [2.24, 2.45) is 5.73 Å². The second-order valence-corrected chi connectivity index (χ2v) is 3.43. The summed E-state index contributed by atoms with van der Waals surface area (Å²) >= 11 is 0. The summed E-state index contributed by atoms with van der Waals surface area (Å²) in [5, 5.41) is 8.66. The van der Waals surface area contributed by atoms with Crippen LogP contribution in [0.5, 0.6) is 0 Å². The molecule has 1 rings (SSSR count). The van der Waals surface area contributed by atoms with E-state index in [-0.39, 0.29) is 18.5 Å². The molecule has 0 bridgehead atoms. The average Bonchev–Trinajstić information content (AvgIpc) is 2.18. The van der Waals surface area contributed by atoms with Crippen LogP contribution < -0.4 is 5.73 Å². The molecule has 1 aromatic carbocycles. The molecular formula is C11H16FNO. The number of benzene rings is 1. The Kier molecular flexibility index (Phi) is 4.04. The van der Waals surface area contributed by atoms with Gasteiger partial charge in [-0.05, 0) is 37.0 Å². The third-order valence-corrected chi connectivity index (χ3v) is 2.38. The zero-order chi connectivity index (χ0) is 10.6. The molecule has 1 aromatic rings. The molecule has 14 heavy (non-hydrogen) atoms. The number of hydrogen-bond donors (Lipinski definition) is 2. The van der Waals surface area contributed by atoms with Gasteiger partial charge < -0.3 is 10.8 Å². The molecule has 0 saturated heterocycles. The van der Waals surface area contributed by atoms with Gasteiger partial charge in [-0.2, -0.15) is 0 Å². The summed E-state index contributed by atoms with van der Waals surface area (Å²) in [4.78, 5) is 0. The number of rotatable bonds is 4. The van der Waals surface area contributed by atoms with Crippen molar-refractivity contribution in [2.45, 2.75) is 25.8 Å². The van der Waals surface area contributed by atoms with Gasteiger partial charge in [-0.15, -0.1) is 0 Å². The van der Waals surface area contributed by atoms with Crippen molar-refractivity contribution in [1.29, 1.82) is 0 Å². The lowest BCUT2D eigenvalue weighted by Crippen LogP contribution is -2.12. The molecule has 0 aliphatic heterocycles. The van der Waals surface area contributed by atoms with E-state index in [0.29, 0.717) is 18.4 Å². The summed E-state index contributed by atoms with van der Waals surface area (Å²) in [6, 6.07) is 4.74. The fraction of sp³-hybridized carbons (Fsp3) is 0.455. The van der Waals surface area contributed by atoms with Crippen LogP contribution in [0.1, 0.15) is 30.0 Å². The second-order valence-electron chi connectivity index (χ2n) is 3.43. The molecule has 0 heterocycles. The van der Waals surface area contributed by atoms with Gasteiger partial charge in [0.2, 0.25) is 0 Å². The summed E-state index contributed by atoms with van der Waals surface area (Å²) in [5.41, 5.74) is 7.31. The minimum absolute atomic E-state index is 0.127. The summed E-state index contributed by atoms with van der Waals surface area (Å²) < 4.78 is 13.2. The molecule has 0 aromatic heterocycles. The second kappa shape index (κ2) is 5.08. The van der Waals surface area contributed by atoms with Gasteiger partial charge in [0.1, 0.15) is 5.82 Å². The molecule has 78 valence electrons. The minimum Gasteiger partial charge on any atom is -0.396 e. The molecule has 3 N–H and O–H groups in total. The van der Waals surface area contributed by atoms with E-state index in [1.54, 1.807) is 13.0 Å². The maximum atomic E-state index is 13.2. The standard InChI is InChI=1S/C11H16FNO/c1-8-9(4-2-5-10(8)12)11(13)6-3-7-14/h2,4-5,11,14H,3,6-7,13H2,1H3/t11-/m1/s1. The molecule has 0 aliphatic rings. The first-order chi connectivity index (χ1) is 6.66. The third kappa shape index (κ3) is 2.53. The van der Waals surface area contributed by atoms with E-state index in [0.717, 1.165) is 5.56 Å². The van der Waals surface area contributed by atoms with Crippen LogP contribution in [0.2, 0.25) is 0 Å². The molecule has 0 radical (unpaired) electrons. The quantitative estimate of drug-likeness (QED) is 0.774. The van der Waals surface area contributed by atoms with Crippen molar-refractivity contribution >= 4 is 0 Å². The maximum absolute atomic E-state index is 13.2. The number of nitrogens with two attached hydrogens (primary N) is 1. The van der Waals surface area contributed by atoms with E-state index >= 15 is 0 Å². The van der Waals surface area contributed by atoms with Gasteiger partial charge in [0.25, 0.3) is 0 Å². The summed E-state index contributed by atoms with van der Waals surface area (Å²) in [6.45, 7) is 1.85. The highest BCUT2D eigenvalue weighted by Crippen LogP contribution is 2.21. The normalized spacial score (nSPS) is 12.9. The first-order valence-corrected chi connectivity index (χ1v) is 4.78. The van der Waals surface area contributed by atoms with Crippen molar-refractivity contribution in [1.82, 2.24) is 0 Å². The van der Waals surface area contributed by atoms with Gasteiger partial charge in [-0.3, -0.25) is 0 Å². The molecule has 3 heteroatoms. The van der Waals surface area contributed by atoms with Crippen LogP contribution in [0.4, 0.5) is 4.39 Å². The van der Waals surface area contributed by atoms with E-state index in [4.69, 9.17) is 10.8 Å². The van der Waals surface area contributed by atoms with Gasteiger partial charge in [0, 0.05) is 12.6 Å². The van der Waals surface area contributed by atoms with Gasteiger partial charge >= 0.3 is 0 Å². The topological polar surface area (TPSA) is 46.2 Å². The van der Waals surface area contributed by atoms with Gasteiger partial charge in [-0.25, -0.2) is 4.39 Å². The van der Waals surface area contributed by atoms with Crippen LogP contribution in [-0.4, -0.2) is 11.7 Å². The Balaban J connectivity index is 2.79. The van der Waals surface area contributed by atoms with Crippen molar-refractivity contribution in [3.63, 3.8) is 0 Å². The number of hydrogen-bond acceptors (Lipinski definition) is 2. The van der Waals surface area contributed by atoms with E-state index < -0.39 is 0 Å². The van der Waals surface area contributed by atoms with Crippen molar-refractivity contribution in [3.05, 3.63) is 35.1 Å². The molecule has 0 fully saturated rings. The Hall–Kier alpha value is -0.930. The highest BCUT2D eigenvalue weighted by atomic mass is 19.1. The van der Waals surface area contributed by atoms with Gasteiger partial charge in [0.15, 0.2) is 0 Å². The summed E-state index contributed by atoms with van der Waals surface area (Å²) in [5.74, 6) is -0.220. The fourth-order valence-electron chi connectivity index (χ4n) is 1.49. The lowest BCUT2D eigenvalue weighted by molar-refractivity contribution is 0.280. The first-order valence-electron chi connectivity index (χ1n) is 4.78. The molecule has 0 aliphatic carbocycles. The number of aliphatic hydroxyl groups is 1. The highest BCUT2D eigenvalue weighted by molar-refractivity contribution is 5.29. The summed E-state index contributed by atoms with van der Waals surface area (Å²) in [7, 11) is 0. The molecule has 0 unspecified atom stereocenters. The lowest BCUT2D eigenvalue weighted by Gasteiger charge is -2.14. The minimum atomic E-state index is -0.220. The van der Waals surface area contributed by atoms with Crippen molar-refractivity contribution in [2.75, 3.05) is 6.61 Å². The molecule has 0 amide bonds. The van der Waals surface area contributed by atoms with Crippen LogP contribution in [0, 0.1) is 12.7 Å². The predicted molar refractivity (Wildman–Crippen MR) is 54.4 cm³/mol. The predicted octanol–water partition coefficient (Wildman–Crippen LogP) is 1.91. The van der Waals surface area contributed by atoms with Crippen LogP contribution >= 0.6 is 0 Å². The van der Waals surface area contributed by atoms with Crippen LogP contribution in [0.15, 0.2) is 18.2 Å². The van der Waals surface area contributed by atoms with Gasteiger partial charge in [0.05, 0.1) is 0 Å². The lowest BCUT2D eigenvalue weighted by atomic mass is 9.98. The SMILES string of the molecule is Cc1c(F)cccc1[C@H](N)CCCO. The van der Waals surface area contributed by atoms with Gasteiger partial charge in [-0.1, -0.05) is 12.1 Å². The zero-order valence-corrected chi connectivity index (χ0v) is 8.33. The number of aliphatic hydroxyl groups excluding tert-OH is 1. The molecular weight excluding hydrogens is 181 g/mol. The van der Waals surface area contributed by atoms with Crippen molar-refractivity contribution < 1.29 is 9.50 Å². The number of halogens is 1. The Labute approximate surface area is 83.6 Å². The molecule has 0 saturated carbocycles. The van der Waals surface area contributed by atoms with E-state index in [1.807, 2.05) is 6.07 Å². The van der Waals surface area contributed by atoms with Crippen LogP contribution in [0.3, 0.4) is 0 Å². The largest absolute Gasteiger partial charge is 0.396 e. The van der Waals surface area contributed by atoms with E-state index in [1.165, 1.54) is 6.07 Å². The third-order valence-electron chi connectivity index (χ3n) is 2.38. The Bertz CT molecular complexity index is 301. The molecule has 2 nitrogen and oxygen atoms in total. The Morgan fingerprint density at radius 1 is 1.50 bits per heavy atom. The van der Waals surface area contributed by atoms with Crippen molar-refractivity contribution in [3.8, 4) is 0 Å². The van der Waals surface area contributed by atoms with E-state index in [2.05, 4.69) is 0 Å². The highest BCUT2D eigenvalue weighted by Gasteiger charge is 2.10. The Morgan fingerprint density at radius 2 is 2.21 bits per heavy atom.